The Labute approximate surface area is 169 Å². The van der Waals surface area contributed by atoms with Crippen molar-refractivity contribution >= 4 is 15.7 Å². The van der Waals surface area contributed by atoms with Gasteiger partial charge in [-0.25, -0.2) is 8.42 Å². The molecule has 1 fully saturated rings. The minimum Gasteiger partial charge on any atom is -0.497 e. The van der Waals surface area contributed by atoms with E-state index in [1.54, 1.807) is 18.2 Å². The van der Waals surface area contributed by atoms with E-state index in [1.165, 1.54) is 37.8 Å². The van der Waals surface area contributed by atoms with Gasteiger partial charge in [-0.1, -0.05) is 0 Å². The first-order valence-corrected chi connectivity index (χ1v) is 10.3. The zero-order valence-electron chi connectivity index (χ0n) is 16.3. The Kier molecular flexibility index (Phi) is 5.94. The predicted molar refractivity (Wildman–Crippen MR) is 105 cm³/mol. The number of methoxy groups -OCH3 is 3. The summed E-state index contributed by atoms with van der Waals surface area (Å²) in [5.74, 6) is 1.18. The van der Waals surface area contributed by atoms with Crippen molar-refractivity contribution in [2.24, 2.45) is 0 Å². The van der Waals surface area contributed by atoms with Crippen LogP contribution in [-0.4, -0.2) is 45.5 Å². The van der Waals surface area contributed by atoms with E-state index in [0.717, 1.165) is 6.07 Å². The van der Waals surface area contributed by atoms with Gasteiger partial charge in [0.1, 0.15) is 22.1 Å². The molecule has 2 aromatic carbocycles. The molecular weight excluding hydrogens is 400 g/mol. The summed E-state index contributed by atoms with van der Waals surface area (Å²) in [6.07, 6.45) is 1.22. The zero-order valence-corrected chi connectivity index (χ0v) is 17.1. The highest BCUT2D eigenvalue weighted by molar-refractivity contribution is 7.89. The lowest BCUT2D eigenvalue weighted by Crippen LogP contribution is -2.31. The average molecular weight is 422 g/mol. The van der Waals surface area contributed by atoms with E-state index in [9.17, 15) is 18.5 Å². The van der Waals surface area contributed by atoms with Gasteiger partial charge in [0, 0.05) is 24.2 Å². The molecule has 0 N–H and O–H groups in total. The molecule has 0 spiro atoms. The molecule has 0 saturated carbocycles. The number of sulfonamides is 1. The number of ether oxygens (including phenoxy) is 3. The summed E-state index contributed by atoms with van der Waals surface area (Å²) in [6, 6.07) is 8.26. The Balaban J connectivity index is 2.10. The number of rotatable bonds is 7. The molecule has 0 aliphatic carbocycles. The van der Waals surface area contributed by atoms with E-state index in [-0.39, 0.29) is 22.9 Å². The smallest absolute Gasteiger partial charge is 0.271 e. The molecule has 156 valence electrons. The van der Waals surface area contributed by atoms with Crippen LogP contribution in [-0.2, 0) is 10.0 Å². The highest BCUT2D eigenvalue weighted by Crippen LogP contribution is 2.43. The lowest BCUT2D eigenvalue weighted by Gasteiger charge is -2.26. The Morgan fingerprint density at radius 1 is 1.03 bits per heavy atom. The van der Waals surface area contributed by atoms with Crippen molar-refractivity contribution in [2.75, 3.05) is 27.9 Å². The second-order valence-corrected chi connectivity index (χ2v) is 8.33. The fourth-order valence-electron chi connectivity index (χ4n) is 3.55. The monoisotopic (exact) mass is 422 g/mol. The second-order valence-electron chi connectivity index (χ2n) is 6.47. The van der Waals surface area contributed by atoms with Gasteiger partial charge in [-0.2, -0.15) is 4.31 Å². The van der Waals surface area contributed by atoms with Crippen molar-refractivity contribution in [1.82, 2.24) is 4.31 Å². The van der Waals surface area contributed by atoms with Gasteiger partial charge in [0.15, 0.2) is 0 Å². The van der Waals surface area contributed by atoms with Gasteiger partial charge < -0.3 is 14.2 Å². The van der Waals surface area contributed by atoms with E-state index in [4.69, 9.17) is 14.2 Å². The number of nitro benzene ring substituents is 1. The minimum absolute atomic E-state index is 0.0545. The Morgan fingerprint density at radius 3 is 2.34 bits per heavy atom. The molecule has 29 heavy (non-hydrogen) atoms. The van der Waals surface area contributed by atoms with Crippen LogP contribution < -0.4 is 14.2 Å². The van der Waals surface area contributed by atoms with Crippen molar-refractivity contribution in [2.45, 2.75) is 23.8 Å². The molecule has 3 rings (SSSR count). The highest BCUT2D eigenvalue weighted by atomic mass is 32.2. The Bertz CT molecular complexity index is 1020. The number of nitrogens with zero attached hydrogens (tertiary/aromatic N) is 2. The Morgan fingerprint density at radius 2 is 1.72 bits per heavy atom. The summed E-state index contributed by atoms with van der Waals surface area (Å²) < 4.78 is 44.2. The van der Waals surface area contributed by atoms with Gasteiger partial charge in [0.25, 0.3) is 5.69 Å². The summed E-state index contributed by atoms with van der Waals surface area (Å²) in [7, 11) is 0.301. The maximum atomic E-state index is 13.5. The molecule has 1 aliphatic rings. The molecule has 0 radical (unpaired) electrons. The first-order valence-electron chi connectivity index (χ1n) is 8.89. The van der Waals surface area contributed by atoms with Crippen LogP contribution in [0.15, 0.2) is 41.3 Å². The van der Waals surface area contributed by atoms with Crippen LogP contribution in [0.3, 0.4) is 0 Å². The lowest BCUT2D eigenvalue weighted by atomic mass is 10.0. The van der Waals surface area contributed by atoms with Gasteiger partial charge in [-0.3, -0.25) is 10.1 Å². The first kappa shape index (κ1) is 20.9. The predicted octanol–water partition coefficient (Wildman–Crippen LogP) is 3.15. The van der Waals surface area contributed by atoms with E-state index >= 15 is 0 Å². The van der Waals surface area contributed by atoms with Gasteiger partial charge in [0.05, 0.1) is 32.3 Å². The van der Waals surface area contributed by atoms with Crippen molar-refractivity contribution in [3.05, 3.63) is 52.1 Å². The molecule has 2 aromatic rings. The van der Waals surface area contributed by atoms with Crippen LogP contribution in [0.2, 0.25) is 0 Å². The minimum atomic E-state index is -4.07. The molecule has 0 bridgehead atoms. The third-order valence-corrected chi connectivity index (χ3v) is 6.87. The molecule has 0 aromatic heterocycles. The number of benzene rings is 2. The van der Waals surface area contributed by atoms with Crippen LogP contribution in [0.5, 0.6) is 17.2 Å². The van der Waals surface area contributed by atoms with Crippen molar-refractivity contribution in [3.8, 4) is 17.2 Å². The zero-order chi connectivity index (χ0) is 21.2. The van der Waals surface area contributed by atoms with Gasteiger partial charge in [-0.15, -0.1) is 0 Å². The van der Waals surface area contributed by atoms with Crippen LogP contribution in [0.1, 0.15) is 24.4 Å². The third-order valence-electron chi connectivity index (χ3n) is 4.94. The summed E-state index contributed by atoms with van der Waals surface area (Å²) in [5.41, 5.74) is 0.358. The summed E-state index contributed by atoms with van der Waals surface area (Å²) >= 11 is 0. The average Bonchev–Trinajstić information content (AvgIpc) is 3.23. The van der Waals surface area contributed by atoms with Gasteiger partial charge in [-0.05, 0) is 37.1 Å². The number of nitro groups is 1. The lowest BCUT2D eigenvalue weighted by molar-refractivity contribution is -0.385. The number of hydrogen-bond acceptors (Lipinski definition) is 7. The molecular formula is C19H22N2O7S. The van der Waals surface area contributed by atoms with Crippen molar-refractivity contribution < 1.29 is 27.6 Å². The Hall–Kier alpha value is -2.85. The van der Waals surface area contributed by atoms with Crippen LogP contribution in [0, 0.1) is 10.1 Å². The highest BCUT2D eigenvalue weighted by Gasteiger charge is 2.39. The van der Waals surface area contributed by atoms with Crippen LogP contribution in [0.4, 0.5) is 5.69 Å². The van der Waals surface area contributed by atoms with E-state index in [2.05, 4.69) is 0 Å². The third kappa shape index (κ3) is 3.85. The normalized spacial score (nSPS) is 17.1. The molecule has 0 unspecified atom stereocenters. The maximum Gasteiger partial charge on any atom is 0.271 e. The van der Waals surface area contributed by atoms with Crippen molar-refractivity contribution in [1.29, 1.82) is 0 Å². The largest absolute Gasteiger partial charge is 0.497 e. The summed E-state index contributed by atoms with van der Waals surface area (Å²) in [5, 5.41) is 11.2. The number of non-ortho nitro benzene ring substituents is 1. The van der Waals surface area contributed by atoms with Gasteiger partial charge >= 0.3 is 0 Å². The fraction of sp³-hybridized carbons (Fsp3) is 0.368. The van der Waals surface area contributed by atoms with Crippen LogP contribution >= 0.6 is 0 Å². The standard InChI is InChI=1S/C19H22N2O7S/c1-26-14-7-9-17(27-2)15(12-14)16-5-4-10-20(16)29(24,25)19-11-13(21(22)23)6-8-18(19)28-3/h6-9,11-12,16H,4-5,10H2,1-3H3/t16-/m0/s1. The topological polar surface area (TPSA) is 108 Å². The molecule has 1 saturated heterocycles. The first-order chi connectivity index (χ1) is 13.8. The molecule has 1 heterocycles. The molecule has 0 amide bonds. The summed E-state index contributed by atoms with van der Waals surface area (Å²) in [6.45, 7) is 0.277. The second kappa shape index (κ2) is 8.26. The van der Waals surface area contributed by atoms with Gasteiger partial charge in [0.2, 0.25) is 10.0 Å². The molecule has 9 nitrogen and oxygen atoms in total. The summed E-state index contributed by atoms with van der Waals surface area (Å²) in [4.78, 5) is 10.3. The maximum absolute atomic E-state index is 13.5. The molecule has 1 atom stereocenters. The van der Waals surface area contributed by atoms with E-state index in [0.29, 0.717) is 29.9 Å². The van der Waals surface area contributed by atoms with E-state index in [1.807, 2.05) is 0 Å². The van der Waals surface area contributed by atoms with E-state index < -0.39 is 21.0 Å². The van der Waals surface area contributed by atoms with Crippen LogP contribution in [0.25, 0.3) is 0 Å². The molecule has 10 heteroatoms. The van der Waals surface area contributed by atoms with Crippen molar-refractivity contribution in [3.63, 3.8) is 0 Å². The number of hydrogen-bond donors (Lipinski definition) is 0. The quantitative estimate of drug-likeness (QED) is 0.498. The fourth-order valence-corrected chi connectivity index (χ4v) is 5.40. The SMILES string of the molecule is COc1ccc(OC)c([C@@H]2CCCN2S(=O)(=O)c2cc([N+](=O)[O-])ccc2OC)c1. The molecule has 1 aliphatic heterocycles.